The number of para-hydroxylation sites is 2. The zero-order chi connectivity index (χ0) is 26.3. The van der Waals surface area contributed by atoms with Crippen molar-refractivity contribution >= 4 is 17.1 Å². The largest absolute Gasteiger partial charge is 0.487 e. The van der Waals surface area contributed by atoms with Crippen molar-refractivity contribution in [2.24, 2.45) is 0 Å². The summed E-state index contributed by atoms with van der Waals surface area (Å²) in [4.78, 5) is 11.7. The number of nitrogens with zero attached hydrogens (tertiary/aromatic N) is 3. The Morgan fingerprint density at radius 1 is 0.711 bits per heavy atom. The normalized spacial score (nSPS) is 12.8. The molecule has 0 bridgehead atoms. The maximum absolute atomic E-state index is 6.30. The van der Waals surface area contributed by atoms with Gasteiger partial charge < -0.3 is 9.64 Å². The van der Waals surface area contributed by atoms with Crippen LogP contribution >= 0.6 is 0 Å². The van der Waals surface area contributed by atoms with Crippen LogP contribution in [0.1, 0.15) is 37.5 Å². The summed E-state index contributed by atoms with van der Waals surface area (Å²) in [6.07, 6.45) is 3.78. The van der Waals surface area contributed by atoms with Crippen molar-refractivity contribution in [3.63, 3.8) is 0 Å². The van der Waals surface area contributed by atoms with E-state index in [2.05, 4.69) is 110 Å². The van der Waals surface area contributed by atoms with Gasteiger partial charge in [-0.1, -0.05) is 57.2 Å². The van der Waals surface area contributed by atoms with Crippen LogP contribution in [0, 0.1) is 6.92 Å². The van der Waals surface area contributed by atoms with E-state index in [4.69, 9.17) is 9.72 Å². The number of ether oxygens (including phenoxy) is 1. The average Bonchev–Trinajstić information content (AvgIpc) is 3.09. The summed E-state index contributed by atoms with van der Waals surface area (Å²) < 4.78 is 6.30. The predicted molar refractivity (Wildman–Crippen MR) is 155 cm³/mol. The fourth-order valence-corrected chi connectivity index (χ4v) is 4.93. The van der Waals surface area contributed by atoms with E-state index in [0.717, 1.165) is 50.9 Å². The van der Waals surface area contributed by atoms with Gasteiger partial charge in [-0.2, -0.15) is 0 Å². The highest BCUT2D eigenvalue weighted by Crippen LogP contribution is 2.46. The van der Waals surface area contributed by atoms with Crippen molar-refractivity contribution in [2.45, 2.75) is 39.7 Å². The molecular formula is C34H31N3O. The van der Waals surface area contributed by atoms with Gasteiger partial charge in [-0.25, -0.2) is 0 Å². The van der Waals surface area contributed by atoms with Gasteiger partial charge in [-0.3, -0.25) is 9.97 Å². The molecular weight excluding hydrogens is 466 g/mol. The average molecular weight is 498 g/mol. The van der Waals surface area contributed by atoms with Crippen molar-refractivity contribution in [3.05, 3.63) is 120 Å². The predicted octanol–water partition coefficient (Wildman–Crippen LogP) is 8.78. The maximum atomic E-state index is 6.30. The Hall–Kier alpha value is -4.44. The number of anilines is 3. The number of pyridine rings is 2. The first kappa shape index (κ1) is 23.9. The SMILES string of the molecule is Cc1ccnc(-c2cccc(N3c4cc(-c5cc(C(C)(C)C)ccn5)ccc4COc4ccccc43)c2)c1. The van der Waals surface area contributed by atoms with Crippen LogP contribution in [0.2, 0.25) is 0 Å². The van der Waals surface area contributed by atoms with Gasteiger partial charge in [0.25, 0.3) is 0 Å². The van der Waals surface area contributed by atoms with E-state index in [-0.39, 0.29) is 5.41 Å². The molecule has 5 aromatic rings. The van der Waals surface area contributed by atoms with Gasteiger partial charge >= 0.3 is 0 Å². The number of fused-ring (bicyclic) bond motifs is 2. The zero-order valence-electron chi connectivity index (χ0n) is 22.3. The molecule has 0 atom stereocenters. The molecule has 0 aliphatic carbocycles. The lowest BCUT2D eigenvalue weighted by atomic mass is 9.87. The topological polar surface area (TPSA) is 38.2 Å². The Bertz CT molecular complexity index is 1630. The third-order valence-corrected chi connectivity index (χ3v) is 7.05. The van der Waals surface area contributed by atoms with Crippen molar-refractivity contribution < 1.29 is 4.74 Å². The molecule has 0 saturated carbocycles. The summed E-state index contributed by atoms with van der Waals surface area (Å²) >= 11 is 0. The van der Waals surface area contributed by atoms with Crippen molar-refractivity contribution in [3.8, 4) is 28.3 Å². The summed E-state index contributed by atoms with van der Waals surface area (Å²) in [5.41, 5.74) is 10.9. The van der Waals surface area contributed by atoms with Gasteiger partial charge in [0, 0.05) is 34.8 Å². The van der Waals surface area contributed by atoms with E-state index in [1.54, 1.807) is 0 Å². The summed E-state index contributed by atoms with van der Waals surface area (Å²) in [7, 11) is 0. The highest BCUT2D eigenvalue weighted by Gasteiger charge is 2.24. The van der Waals surface area contributed by atoms with Crippen LogP contribution in [0.25, 0.3) is 22.5 Å². The van der Waals surface area contributed by atoms with Gasteiger partial charge in [0.2, 0.25) is 0 Å². The standard InChI is InChI=1S/C34H31N3O/c1-23-14-16-35-29(18-23)24-8-7-9-28(19-24)37-31-10-5-6-11-33(31)38-22-26-13-12-25(20-32(26)37)30-21-27(15-17-36-30)34(2,3)4/h5-21H,22H2,1-4H3. The fraction of sp³-hybridized carbons (Fsp3) is 0.176. The van der Waals surface area contributed by atoms with E-state index in [9.17, 15) is 0 Å². The Labute approximate surface area is 224 Å². The molecule has 0 amide bonds. The highest BCUT2D eigenvalue weighted by atomic mass is 16.5. The molecule has 0 N–H and O–H groups in total. The van der Waals surface area contributed by atoms with E-state index < -0.39 is 0 Å². The molecule has 0 spiro atoms. The molecule has 0 saturated heterocycles. The first-order valence-corrected chi connectivity index (χ1v) is 13.0. The lowest BCUT2D eigenvalue weighted by Crippen LogP contribution is -2.12. The van der Waals surface area contributed by atoms with Gasteiger partial charge in [0.15, 0.2) is 0 Å². The quantitative estimate of drug-likeness (QED) is 0.250. The van der Waals surface area contributed by atoms with Gasteiger partial charge in [0.05, 0.1) is 22.8 Å². The molecule has 4 heteroatoms. The molecule has 6 rings (SSSR count). The number of aromatic nitrogens is 2. The molecule has 188 valence electrons. The Morgan fingerprint density at radius 3 is 2.29 bits per heavy atom. The second kappa shape index (κ2) is 9.46. The first-order valence-electron chi connectivity index (χ1n) is 13.0. The first-order chi connectivity index (χ1) is 18.4. The molecule has 1 aliphatic heterocycles. The molecule has 4 nitrogen and oxygen atoms in total. The van der Waals surface area contributed by atoms with Crippen LogP contribution < -0.4 is 9.64 Å². The molecule has 0 radical (unpaired) electrons. The smallest absolute Gasteiger partial charge is 0.143 e. The molecule has 3 aromatic carbocycles. The molecule has 1 aliphatic rings. The Morgan fingerprint density at radius 2 is 1.47 bits per heavy atom. The van der Waals surface area contributed by atoms with Crippen molar-refractivity contribution in [2.75, 3.05) is 4.90 Å². The summed E-state index contributed by atoms with van der Waals surface area (Å²) in [5, 5.41) is 0. The number of rotatable bonds is 3. The lowest BCUT2D eigenvalue weighted by Gasteiger charge is -2.27. The summed E-state index contributed by atoms with van der Waals surface area (Å²) in [5.74, 6) is 0.859. The molecule has 38 heavy (non-hydrogen) atoms. The molecule has 0 fully saturated rings. The fourth-order valence-electron chi connectivity index (χ4n) is 4.93. The van der Waals surface area contributed by atoms with Gasteiger partial charge in [0.1, 0.15) is 12.4 Å². The van der Waals surface area contributed by atoms with Crippen LogP contribution in [-0.4, -0.2) is 9.97 Å². The lowest BCUT2D eigenvalue weighted by molar-refractivity contribution is 0.310. The summed E-state index contributed by atoms with van der Waals surface area (Å²) in [6, 6.07) is 31.8. The molecule has 3 heterocycles. The van der Waals surface area contributed by atoms with E-state index in [1.165, 1.54) is 11.1 Å². The summed E-state index contributed by atoms with van der Waals surface area (Å²) in [6.45, 7) is 9.29. The minimum Gasteiger partial charge on any atom is -0.487 e. The van der Waals surface area contributed by atoms with E-state index >= 15 is 0 Å². The van der Waals surface area contributed by atoms with E-state index in [1.807, 2.05) is 30.6 Å². The van der Waals surface area contributed by atoms with Gasteiger partial charge in [-0.05, 0) is 78.1 Å². The van der Waals surface area contributed by atoms with Crippen LogP contribution in [0.4, 0.5) is 17.1 Å². The molecule has 2 aromatic heterocycles. The highest BCUT2D eigenvalue weighted by molar-refractivity contribution is 5.86. The number of benzene rings is 3. The minimum atomic E-state index is 0.0481. The third kappa shape index (κ3) is 4.54. The van der Waals surface area contributed by atoms with E-state index in [0.29, 0.717) is 6.61 Å². The molecule has 0 unspecified atom stereocenters. The second-order valence-corrected chi connectivity index (χ2v) is 10.9. The van der Waals surface area contributed by atoms with Gasteiger partial charge in [-0.15, -0.1) is 0 Å². The maximum Gasteiger partial charge on any atom is 0.143 e. The Balaban J connectivity index is 1.53. The zero-order valence-corrected chi connectivity index (χ0v) is 22.3. The van der Waals surface area contributed by atoms with Crippen LogP contribution in [0.5, 0.6) is 5.75 Å². The third-order valence-electron chi connectivity index (χ3n) is 7.05. The number of hydrogen-bond acceptors (Lipinski definition) is 4. The van der Waals surface area contributed by atoms with Crippen molar-refractivity contribution in [1.82, 2.24) is 9.97 Å². The van der Waals surface area contributed by atoms with Crippen molar-refractivity contribution in [1.29, 1.82) is 0 Å². The second-order valence-electron chi connectivity index (χ2n) is 10.9. The Kier molecular flexibility index (Phi) is 5.96. The van der Waals surface area contributed by atoms with Crippen LogP contribution in [-0.2, 0) is 12.0 Å². The monoisotopic (exact) mass is 497 g/mol. The number of aryl methyl sites for hydroxylation is 1. The van der Waals surface area contributed by atoms with Crippen LogP contribution in [0.15, 0.2) is 103 Å². The number of hydrogen-bond donors (Lipinski definition) is 0. The minimum absolute atomic E-state index is 0.0481. The van der Waals surface area contributed by atoms with Crippen LogP contribution in [0.3, 0.4) is 0 Å².